The van der Waals surface area contributed by atoms with Crippen molar-refractivity contribution in [1.29, 1.82) is 0 Å². The van der Waals surface area contributed by atoms with Crippen LogP contribution in [0, 0.1) is 0 Å². The maximum absolute atomic E-state index is 5.66. The van der Waals surface area contributed by atoms with Crippen molar-refractivity contribution in [2.75, 3.05) is 18.1 Å². The second-order valence-corrected chi connectivity index (χ2v) is 4.45. The van der Waals surface area contributed by atoms with Crippen LogP contribution in [0.2, 0.25) is 0 Å². The minimum absolute atomic E-state index is 0.232. The van der Waals surface area contributed by atoms with Crippen LogP contribution in [0.5, 0.6) is 0 Å². The summed E-state index contributed by atoms with van der Waals surface area (Å²) in [4.78, 5) is 11.0. The number of hydrogen-bond acceptors (Lipinski definition) is 5. The third-order valence-electron chi connectivity index (χ3n) is 3.12. The zero-order chi connectivity index (χ0) is 12.3. The smallest absolute Gasteiger partial charge is 0.225 e. The van der Waals surface area contributed by atoms with E-state index in [-0.39, 0.29) is 6.10 Å². The van der Waals surface area contributed by atoms with Gasteiger partial charge < -0.3 is 15.4 Å². The molecule has 2 unspecified atom stereocenters. The highest BCUT2D eigenvalue weighted by Crippen LogP contribution is 2.19. The van der Waals surface area contributed by atoms with Crippen molar-refractivity contribution in [2.45, 2.75) is 39.0 Å². The maximum atomic E-state index is 5.66. The molecule has 1 aromatic rings. The molecule has 5 nitrogen and oxygen atoms in total. The highest BCUT2D eigenvalue weighted by Gasteiger charge is 2.27. The van der Waals surface area contributed by atoms with Crippen molar-refractivity contribution in [1.82, 2.24) is 9.97 Å². The molecule has 0 aromatic carbocycles. The number of rotatable bonds is 3. The Balaban J connectivity index is 2.16. The lowest BCUT2D eigenvalue weighted by atomic mass is 10.1. The van der Waals surface area contributed by atoms with Crippen LogP contribution in [-0.2, 0) is 11.3 Å². The number of hydrogen-bond donors (Lipinski definition) is 1. The first-order valence-electron chi connectivity index (χ1n) is 6.13. The molecule has 0 radical (unpaired) electrons. The Bertz CT molecular complexity index is 354. The molecule has 5 heteroatoms. The molecule has 0 spiro atoms. The first kappa shape index (κ1) is 12.3. The van der Waals surface area contributed by atoms with Gasteiger partial charge in [0.2, 0.25) is 5.95 Å². The van der Waals surface area contributed by atoms with Crippen molar-refractivity contribution >= 4 is 5.95 Å². The minimum Gasteiger partial charge on any atom is -0.375 e. The van der Waals surface area contributed by atoms with Gasteiger partial charge in [0.05, 0.1) is 18.8 Å². The fraction of sp³-hybridized carbons (Fsp3) is 0.667. The standard InChI is InChI=1S/C12H20N4O/c1-3-11-8-17-9(2)7-16(11)12-14-5-10(4-13)6-15-12/h5-6,9,11H,3-4,7-8,13H2,1-2H3. The van der Waals surface area contributed by atoms with E-state index < -0.39 is 0 Å². The van der Waals surface area contributed by atoms with Crippen molar-refractivity contribution in [3.63, 3.8) is 0 Å². The molecule has 2 N–H and O–H groups in total. The quantitative estimate of drug-likeness (QED) is 0.846. The number of morpholine rings is 1. The van der Waals surface area contributed by atoms with Gasteiger partial charge in [-0.2, -0.15) is 0 Å². The fourth-order valence-electron chi connectivity index (χ4n) is 2.03. The third-order valence-corrected chi connectivity index (χ3v) is 3.12. The van der Waals surface area contributed by atoms with E-state index in [9.17, 15) is 0 Å². The van der Waals surface area contributed by atoms with E-state index in [4.69, 9.17) is 10.5 Å². The monoisotopic (exact) mass is 236 g/mol. The number of anilines is 1. The van der Waals surface area contributed by atoms with Crippen LogP contribution in [-0.4, -0.2) is 35.3 Å². The molecule has 0 aliphatic carbocycles. The second kappa shape index (κ2) is 5.42. The van der Waals surface area contributed by atoms with Crippen molar-refractivity contribution < 1.29 is 4.74 Å². The number of ether oxygens (including phenoxy) is 1. The zero-order valence-corrected chi connectivity index (χ0v) is 10.5. The molecule has 1 aliphatic heterocycles. The van der Waals surface area contributed by atoms with Gasteiger partial charge >= 0.3 is 0 Å². The molecule has 1 fully saturated rings. The highest BCUT2D eigenvalue weighted by molar-refractivity contribution is 5.32. The first-order valence-corrected chi connectivity index (χ1v) is 6.13. The van der Waals surface area contributed by atoms with Crippen LogP contribution in [0.15, 0.2) is 12.4 Å². The number of nitrogens with zero attached hydrogens (tertiary/aromatic N) is 3. The zero-order valence-electron chi connectivity index (χ0n) is 10.5. The van der Waals surface area contributed by atoms with Crippen molar-refractivity contribution in [3.8, 4) is 0 Å². The molecular formula is C12H20N4O. The first-order chi connectivity index (χ1) is 8.24. The van der Waals surface area contributed by atoms with Gasteiger partial charge in [-0.25, -0.2) is 9.97 Å². The molecule has 94 valence electrons. The van der Waals surface area contributed by atoms with E-state index in [1.54, 1.807) is 12.4 Å². The van der Waals surface area contributed by atoms with Gasteiger partial charge in [0.15, 0.2) is 0 Å². The Morgan fingerprint density at radius 2 is 2.18 bits per heavy atom. The molecule has 17 heavy (non-hydrogen) atoms. The summed E-state index contributed by atoms with van der Waals surface area (Å²) >= 11 is 0. The summed E-state index contributed by atoms with van der Waals surface area (Å²) in [5, 5.41) is 0. The molecule has 0 saturated carbocycles. The molecule has 0 amide bonds. The highest BCUT2D eigenvalue weighted by atomic mass is 16.5. The molecular weight excluding hydrogens is 216 g/mol. The van der Waals surface area contributed by atoms with E-state index in [2.05, 4.69) is 28.7 Å². The van der Waals surface area contributed by atoms with Gasteiger partial charge in [0.25, 0.3) is 0 Å². The second-order valence-electron chi connectivity index (χ2n) is 4.45. The van der Waals surface area contributed by atoms with E-state index in [1.165, 1.54) is 0 Å². The van der Waals surface area contributed by atoms with E-state index in [0.29, 0.717) is 12.6 Å². The predicted octanol–water partition coefficient (Wildman–Crippen LogP) is 0.939. The Labute approximate surface area is 102 Å². The average Bonchev–Trinajstić information content (AvgIpc) is 2.39. The topological polar surface area (TPSA) is 64.3 Å². The predicted molar refractivity (Wildman–Crippen MR) is 66.8 cm³/mol. The fourth-order valence-corrected chi connectivity index (χ4v) is 2.03. The minimum atomic E-state index is 0.232. The van der Waals surface area contributed by atoms with Gasteiger partial charge in [-0.15, -0.1) is 0 Å². The summed E-state index contributed by atoms with van der Waals surface area (Å²) in [6.07, 6.45) is 4.87. The van der Waals surface area contributed by atoms with Crippen LogP contribution >= 0.6 is 0 Å². The van der Waals surface area contributed by atoms with E-state index >= 15 is 0 Å². The summed E-state index contributed by atoms with van der Waals surface area (Å²) in [5.74, 6) is 0.782. The van der Waals surface area contributed by atoms with Crippen molar-refractivity contribution in [2.24, 2.45) is 5.73 Å². The maximum Gasteiger partial charge on any atom is 0.225 e. The van der Waals surface area contributed by atoms with E-state index in [0.717, 1.165) is 31.1 Å². The van der Waals surface area contributed by atoms with Gasteiger partial charge in [-0.05, 0) is 13.3 Å². The Kier molecular flexibility index (Phi) is 3.91. The number of nitrogens with two attached hydrogens (primary N) is 1. The Morgan fingerprint density at radius 3 is 2.76 bits per heavy atom. The SMILES string of the molecule is CCC1COC(C)CN1c1ncc(CN)cn1. The molecule has 2 rings (SSSR count). The molecule has 1 aromatic heterocycles. The Morgan fingerprint density at radius 1 is 1.47 bits per heavy atom. The lowest BCUT2D eigenvalue weighted by molar-refractivity contribution is 0.0292. The van der Waals surface area contributed by atoms with Crippen molar-refractivity contribution in [3.05, 3.63) is 18.0 Å². The van der Waals surface area contributed by atoms with Crippen LogP contribution in [0.25, 0.3) is 0 Å². The lowest BCUT2D eigenvalue weighted by Crippen LogP contribution is -2.49. The largest absolute Gasteiger partial charge is 0.375 e. The van der Waals surface area contributed by atoms with Crippen LogP contribution in [0.1, 0.15) is 25.8 Å². The van der Waals surface area contributed by atoms with Gasteiger partial charge in [-0.3, -0.25) is 0 Å². The van der Waals surface area contributed by atoms with Crippen LogP contribution in [0.3, 0.4) is 0 Å². The van der Waals surface area contributed by atoms with Crippen LogP contribution in [0.4, 0.5) is 5.95 Å². The lowest BCUT2D eigenvalue weighted by Gasteiger charge is -2.38. The molecule has 2 heterocycles. The van der Waals surface area contributed by atoms with Gasteiger partial charge in [0, 0.05) is 31.0 Å². The summed E-state index contributed by atoms with van der Waals surface area (Å²) in [6, 6.07) is 0.370. The third kappa shape index (κ3) is 2.73. The van der Waals surface area contributed by atoms with Gasteiger partial charge in [-0.1, -0.05) is 6.92 Å². The average molecular weight is 236 g/mol. The Hall–Kier alpha value is -1.20. The summed E-state index contributed by atoms with van der Waals surface area (Å²) < 4.78 is 5.66. The molecule has 2 atom stereocenters. The number of aromatic nitrogens is 2. The summed E-state index contributed by atoms with van der Waals surface area (Å²) in [6.45, 7) is 6.32. The van der Waals surface area contributed by atoms with E-state index in [1.807, 2.05) is 0 Å². The molecule has 1 saturated heterocycles. The van der Waals surface area contributed by atoms with Crippen LogP contribution < -0.4 is 10.6 Å². The molecule has 0 bridgehead atoms. The van der Waals surface area contributed by atoms with Gasteiger partial charge in [0.1, 0.15) is 0 Å². The summed E-state index contributed by atoms with van der Waals surface area (Å²) in [7, 11) is 0. The molecule has 1 aliphatic rings. The summed E-state index contributed by atoms with van der Waals surface area (Å²) in [5.41, 5.74) is 6.50. The normalized spacial score (nSPS) is 25.0.